The Hall–Kier alpha value is -1.39. The predicted octanol–water partition coefficient (Wildman–Crippen LogP) is 2.01. The van der Waals surface area contributed by atoms with Crippen molar-refractivity contribution in [2.45, 2.75) is 25.8 Å². The summed E-state index contributed by atoms with van der Waals surface area (Å²) in [6.07, 6.45) is 0.682. The number of hydrogen-bond donors (Lipinski definition) is 1. The summed E-state index contributed by atoms with van der Waals surface area (Å²) in [4.78, 5) is 14.6. The van der Waals surface area contributed by atoms with Gasteiger partial charge in [-0.15, -0.1) is 0 Å². The van der Waals surface area contributed by atoms with E-state index in [0.717, 1.165) is 18.7 Å². The Morgan fingerprint density at radius 2 is 1.95 bits per heavy atom. The van der Waals surface area contributed by atoms with Gasteiger partial charge in [0.2, 0.25) is 0 Å². The lowest BCUT2D eigenvalue weighted by Gasteiger charge is -2.33. The molecule has 0 aliphatic rings. The van der Waals surface area contributed by atoms with Crippen LogP contribution >= 0.6 is 0 Å². The summed E-state index contributed by atoms with van der Waals surface area (Å²) in [5.41, 5.74) is 0.187. The van der Waals surface area contributed by atoms with Crippen molar-refractivity contribution in [3.05, 3.63) is 35.9 Å². The van der Waals surface area contributed by atoms with Gasteiger partial charge in [-0.3, -0.25) is 5.32 Å². The zero-order chi connectivity index (χ0) is 15.0. The van der Waals surface area contributed by atoms with Crippen molar-refractivity contribution in [1.82, 2.24) is 10.2 Å². The molecule has 4 nitrogen and oxygen atoms in total. The lowest BCUT2D eigenvalue weighted by atomic mass is 9.86. The molecule has 4 heteroatoms. The average Bonchev–Trinajstić information content (AvgIpc) is 2.51. The van der Waals surface area contributed by atoms with Crippen LogP contribution in [0.25, 0.3) is 0 Å². The highest BCUT2D eigenvalue weighted by atomic mass is 16.5. The first-order chi connectivity index (χ1) is 9.60. The number of benzene rings is 1. The number of esters is 1. The van der Waals surface area contributed by atoms with Crippen molar-refractivity contribution in [3.63, 3.8) is 0 Å². The summed E-state index contributed by atoms with van der Waals surface area (Å²) in [7, 11) is 3.50. The number of carbonyl (C=O) groups is 1. The number of carbonyl (C=O) groups excluding carboxylic acids is 1. The van der Waals surface area contributed by atoms with Crippen molar-refractivity contribution in [2.24, 2.45) is 0 Å². The number of nitrogens with one attached hydrogen (secondary N) is 1. The molecule has 0 saturated carbocycles. The van der Waals surface area contributed by atoms with Gasteiger partial charge >= 0.3 is 5.97 Å². The van der Waals surface area contributed by atoms with E-state index in [2.05, 4.69) is 24.2 Å². The molecule has 0 bridgehead atoms. The van der Waals surface area contributed by atoms with Crippen LogP contribution in [-0.2, 0) is 15.1 Å². The number of methoxy groups -OCH3 is 1. The first-order valence-electron chi connectivity index (χ1n) is 7.18. The lowest BCUT2D eigenvalue weighted by molar-refractivity contribution is -0.149. The third-order valence-electron chi connectivity index (χ3n) is 3.69. The van der Waals surface area contributed by atoms with Gasteiger partial charge in [-0.2, -0.15) is 0 Å². The van der Waals surface area contributed by atoms with E-state index in [4.69, 9.17) is 4.74 Å². The number of rotatable bonds is 8. The van der Waals surface area contributed by atoms with Crippen LogP contribution in [0.3, 0.4) is 0 Å². The van der Waals surface area contributed by atoms with Crippen LogP contribution in [0, 0.1) is 0 Å². The Bertz CT molecular complexity index is 408. The summed E-state index contributed by atoms with van der Waals surface area (Å²) in [5.74, 6) is -0.227. The normalized spacial score (nSPS) is 14.1. The molecule has 0 aliphatic heterocycles. The zero-order valence-electron chi connectivity index (χ0n) is 13.0. The van der Waals surface area contributed by atoms with E-state index >= 15 is 0 Å². The summed E-state index contributed by atoms with van der Waals surface area (Å²) in [6.45, 7) is 6.60. The number of ether oxygens (including phenoxy) is 1. The lowest BCUT2D eigenvalue weighted by Crippen LogP contribution is -2.51. The minimum atomic E-state index is -0.770. The average molecular weight is 278 g/mol. The molecule has 1 unspecified atom stereocenters. The van der Waals surface area contributed by atoms with Gasteiger partial charge in [-0.1, -0.05) is 44.2 Å². The Morgan fingerprint density at radius 3 is 2.45 bits per heavy atom. The highest BCUT2D eigenvalue weighted by molar-refractivity contribution is 5.82. The molecule has 0 fully saturated rings. The van der Waals surface area contributed by atoms with Crippen LogP contribution in [0.4, 0.5) is 0 Å². The van der Waals surface area contributed by atoms with Gasteiger partial charge in [0, 0.05) is 6.54 Å². The van der Waals surface area contributed by atoms with Gasteiger partial charge in [-0.05, 0) is 32.1 Å². The number of hydrogen-bond acceptors (Lipinski definition) is 4. The first-order valence-corrected chi connectivity index (χ1v) is 7.18. The topological polar surface area (TPSA) is 41.6 Å². The smallest absolute Gasteiger partial charge is 0.330 e. The largest absolute Gasteiger partial charge is 0.467 e. The Kier molecular flexibility index (Phi) is 6.68. The predicted molar refractivity (Wildman–Crippen MR) is 81.6 cm³/mol. The van der Waals surface area contributed by atoms with Gasteiger partial charge in [-0.25, -0.2) is 4.79 Å². The summed E-state index contributed by atoms with van der Waals surface area (Å²) in [5, 5.41) is 3.34. The monoisotopic (exact) mass is 278 g/mol. The minimum absolute atomic E-state index is 0.227. The molecule has 0 amide bonds. The van der Waals surface area contributed by atoms with Gasteiger partial charge in [0.15, 0.2) is 0 Å². The van der Waals surface area contributed by atoms with Crippen LogP contribution < -0.4 is 5.32 Å². The summed E-state index contributed by atoms with van der Waals surface area (Å²) >= 11 is 0. The van der Waals surface area contributed by atoms with E-state index in [1.165, 1.54) is 7.11 Å². The van der Waals surface area contributed by atoms with Crippen LogP contribution in [0.1, 0.15) is 25.8 Å². The zero-order valence-corrected chi connectivity index (χ0v) is 13.0. The second-order valence-electron chi connectivity index (χ2n) is 4.94. The number of nitrogens with zero attached hydrogens (tertiary/aromatic N) is 1. The second-order valence-corrected chi connectivity index (χ2v) is 4.94. The Labute approximate surface area is 122 Å². The van der Waals surface area contributed by atoms with Crippen molar-refractivity contribution < 1.29 is 9.53 Å². The molecule has 0 aromatic heterocycles. The summed E-state index contributed by atoms with van der Waals surface area (Å²) < 4.78 is 5.07. The third kappa shape index (κ3) is 3.81. The quantitative estimate of drug-likeness (QED) is 0.739. The van der Waals surface area contributed by atoms with Crippen LogP contribution in [0.15, 0.2) is 30.3 Å². The Morgan fingerprint density at radius 1 is 1.30 bits per heavy atom. The van der Waals surface area contributed by atoms with Gasteiger partial charge in [0.25, 0.3) is 0 Å². The molecule has 0 radical (unpaired) electrons. The van der Waals surface area contributed by atoms with Crippen molar-refractivity contribution in [3.8, 4) is 0 Å². The molecule has 1 aromatic carbocycles. The standard InChI is InChI=1S/C16H26N2O2/c1-5-17-16(15(19)20-4,12-13-18(3)6-2)14-10-8-7-9-11-14/h7-11,17H,5-6,12-13H2,1-4H3. The van der Waals surface area contributed by atoms with E-state index in [1.807, 2.05) is 37.3 Å². The first kappa shape index (κ1) is 16.7. The van der Waals surface area contributed by atoms with E-state index in [0.29, 0.717) is 13.0 Å². The maximum atomic E-state index is 12.4. The fourth-order valence-corrected chi connectivity index (χ4v) is 2.34. The van der Waals surface area contributed by atoms with E-state index < -0.39 is 5.54 Å². The SMILES string of the molecule is CCNC(CCN(C)CC)(C(=O)OC)c1ccccc1. The molecule has 20 heavy (non-hydrogen) atoms. The molecule has 112 valence electrons. The summed E-state index contributed by atoms with van der Waals surface area (Å²) in [6, 6.07) is 9.81. The van der Waals surface area contributed by atoms with Gasteiger partial charge in [0.05, 0.1) is 7.11 Å². The van der Waals surface area contributed by atoms with Crippen LogP contribution in [0.5, 0.6) is 0 Å². The van der Waals surface area contributed by atoms with E-state index in [9.17, 15) is 4.79 Å². The van der Waals surface area contributed by atoms with E-state index in [-0.39, 0.29) is 5.97 Å². The van der Waals surface area contributed by atoms with Gasteiger partial charge in [0.1, 0.15) is 5.54 Å². The van der Waals surface area contributed by atoms with Crippen LogP contribution in [-0.4, -0.2) is 44.7 Å². The van der Waals surface area contributed by atoms with E-state index in [1.54, 1.807) is 0 Å². The molecule has 0 spiro atoms. The molecule has 1 N–H and O–H groups in total. The fourth-order valence-electron chi connectivity index (χ4n) is 2.34. The third-order valence-corrected chi connectivity index (χ3v) is 3.69. The highest BCUT2D eigenvalue weighted by Crippen LogP contribution is 2.27. The van der Waals surface area contributed by atoms with Crippen LogP contribution in [0.2, 0.25) is 0 Å². The van der Waals surface area contributed by atoms with Crippen molar-refractivity contribution in [1.29, 1.82) is 0 Å². The Balaban J connectivity index is 3.11. The molecule has 0 saturated heterocycles. The number of likely N-dealkylation sites (N-methyl/N-ethyl adjacent to an activating group) is 1. The fraction of sp³-hybridized carbons (Fsp3) is 0.562. The molecule has 1 rings (SSSR count). The molecule has 0 aliphatic carbocycles. The van der Waals surface area contributed by atoms with Crippen molar-refractivity contribution >= 4 is 5.97 Å². The molecule has 0 heterocycles. The maximum Gasteiger partial charge on any atom is 0.330 e. The minimum Gasteiger partial charge on any atom is -0.467 e. The van der Waals surface area contributed by atoms with Crippen molar-refractivity contribution in [2.75, 3.05) is 33.8 Å². The maximum absolute atomic E-state index is 12.4. The molecule has 1 atom stereocenters. The molecule has 1 aromatic rings. The second kappa shape index (κ2) is 8.02. The van der Waals surface area contributed by atoms with Gasteiger partial charge < -0.3 is 9.64 Å². The highest BCUT2D eigenvalue weighted by Gasteiger charge is 2.40. The molecular formula is C16H26N2O2. The molecular weight excluding hydrogens is 252 g/mol.